The fourth-order valence-corrected chi connectivity index (χ4v) is 3.42. The Labute approximate surface area is 119 Å². The molecule has 1 aromatic rings. The second-order valence-corrected chi connectivity index (χ2v) is 6.00. The van der Waals surface area contributed by atoms with Crippen LogP contribution < -0.4 is 11.1 Å². The Morgan fingerprint density at radius 2 is 2.25 bits per heavy atom. The molecule has 0 bridgehead atoms. The number of amides is 1. The van der Waals surface area contributed by atoms with Crippen molar-refractivity contribution in [2.45, 2.75) is 38.1 Å². The Morgan fingerprint density at radius 3 is 2.95 bits per heavy atom. The molecule has 1 aliphatic carbocycles. The van der Waals surface area contributed by atoms with Crippen molar-refractivity contribution in [3.8, 4) is 0 Å². The monoisotopic (exact) mass is 277 g/mol. The maximum atomic E-state index is 11.9. The fraction of sp³-hybridized carbons (Fsp3) is 0.714. The molecule has 1 aromatic heterocycles. The van der Waals surface area contributed by atoms with E-state index in [1.165, 1.54) is 38.6 Å². The van der Waals surface area contributed by atoms with Crippen molar-refractivity contribution in [3.05, 3.63) is 11.8 Å². The van der Waals surface area contributed by atoms with E-state index in [9.17, 15) is 4.79 Å². The van der Waals surface area contributed by atoms with E-state index in [1.807, 2.05) is 0 Å². The summed E-state index contributed by atoms with van der Waals surface area (Å²) in [5, 5.41) is 9.38. The minimum absolute atomic E-state index is 0.117. The van der Waals surface area contributed by atoms with E-state index in [0.717, 1.165) is 19.1 Å². The summed E-state index contributed by atoms with van der Waals surface area (Å²) in [4.78, 5) is 14.5. The van der Waals surface area contributed by atoms with E-state index in [4.69, 9.17) is 5.73 Å². The summed E-state index contributed by atoms with van der Waals surface area (Å²) in [6.45, 7) is 3.04. The highest BCUT2D eigenvalue weighted by Crippen LogP contribution is 2.28. The molecule has 1 aliphatic heterocycles. The number of nitrogen functional groups attached to an aromatic ring is 1. The van der Waals surface area contributed by atoms with Gasteiger partial charge >= 0.3 is 0 Å². The van der Waals surface area contributed by atoms with Gasteiger partial charge in [0.05, 0.1) is 0 Å². The molecule has 0 aromatic carbocycles. The molecule has 0 radical (unpaired) electrons. The number of aromatic amines is 1. The number of carbonyl (C=O) groups is 1. The van der Waals surface area contributed by atoms with Gasteiger partial charge in [0, 0.05) is 25.2 Å². The normalized spacial score (nSPS) is 24.3. The lowest BCUT2D eigenvalue weighted by molar-refractivity contribution is 0.0942. The first-order valence-corrected chi connectivity index (χ1v) is 7.55. The van der Waals surface area contributed by atoms with Crippen molar-refractivity contribution >= 4 is 11.7 Å². The summed E-state index contributed by atoms with van der Waals surface area (Å²) in [5.41, 5.74) is 5.93. The van der Waals surface area contributed by atoms with Gasteiger partial charge in [0.1, 0.15) is 11.5 Å². The van der Waals surface area contributed by atoms with Crippen molar-refractivity contribution in [2.75, 3.05) is 25.4 Å². The van der Waals surface area contributed by atoms with Gasteiger partial charge in [-0.2, -0.15) is 5.10 Å². The number of anilines is 1. The number of nitrogens with two attached hydrogens (primary N) is 1. The van der Waals surface area contributed by atoms with Crippen molar-refractivity contribution in [2.24, 2.45) is 5.92 Å². The van der Waals surface area contributed by atoms with Crippen LogP contribution >= 0.6 is 0 Å². The van der Waals surface area contributed by atoms with Crippen LogP contribution in [0, 0.1) is 5.92 Å². The maximum Gasteiger partial charge on any atom is 0.269 e. The van der Waals surface area contributed by atoms with Crippen molar-refractivity contribution in [1.29, 1.82) is 0 Å². The molecule has 1 saturated carbocycles. The minimum Gasteiger partial charge on any atom is -0.382 e. The second kappa shape index (κ2) is 5.83. The highest BCUT2D eigenvalue weighted by Gasteiger charge is 2.29. The first-order chi connectivity index (χ1) is 9.72. The average Bonchev–Trinajstić information content (AvgIpc) is 3.16. The first-order valence-electron chi connectivity index (χ1n) is 7.55. The van der Waals surface area contributed by atoms with Crippen LogP contribution in [0.1, 0.15) is 42.6 Å². The largest absolute Gasteiger partial charge is 0.382 e. The number of nitrogens with zero attached hydrogens (tertiary/aromatic N) is 2. The van der Waals surface area contributed by atoms with Gasteiger partial charge in [-0.05, 0) is 31.7 Å². The molecule has 2 aliphatic rings. The highest BCUT2D eigenvalue weighted by molar-refractivity contribution is 5.92. The molecule has 0 unspecified atom stereocenters. The number of carbonyl (C=O) groups excluding carboxylic acids is 1. The van der Waals surface area contributed by atoms with Crippen LogP contribution in [0.25, 0.3) is 0 Å². The molecule has 1 amide bonds. The molecule has 3 rings (SSSR count). The third kappa shape index (κ3) is 2.95. The number of nitrogens with one attached hydrogen (secondary N) is 2. The first kappa shape index (κ1) is 13.4. The van der Waals surface area contributed by atoms with Crippen LogP contribution in [0.3, 0.4) is 0 Å². The molecular weight excluding hydrogens is 254 g/mol. The van der Waals surface area contributed by atoms with Crippen LogP contribution in [-0.4, -0.2) is 46.7 Å². The number of likely N-dealkylation sites (tertiary alicyclic amines) is 1. The van der Waals surface area contributed by atoms with Gasteiger partial charge in [0.2, 0.25) is 0 Å². The predicted molar refractivity (Wildman–Crippen MR) is 77.3 cm³/mol. The Balaban J connectivity index is 1.44. The minimum atomic E-state index is -0.117. The van der Waals surface area contributed by atoms with Crippen LogP contribution in [0.2, 0.25) is 0 Å². The fourth-order valence-electron chi connectivity index (χ4n) is 3.42. The molecule has 4 N–H and O–H groups in total. The molecule has 6 heteroatoms. The molecule has 0 spiro atoms. The number of rotatable bonds is 4. The second-order valence-electron chi connectivity index (χ2n) is 6.00. The van der Waals surface area contributed by atoms with Gasteiger partial charge in [-0.25, -0.2) is 0 Å². The lowest BCUT2D eigenvalue weighted by atomic mass is 10.1. The smallest absolute Gasteiger partial charge is 0.269 e. The van der Waals surface area contributed by atoms with E-state index in [0.29, 0.717) is 17.4 Å². The maximum absolute atomic E-state index is 11.9. The zero-order valence-electron chi connectivity index (χ0n) is 11.8. The summed E-state index contributed by atoms with van der Waals surface area (Å²) < 4.78 is 0. The Hall–Kier alpha value is -1.56. The topological polar surface area (TPSA) is 87.0 Å². The molecule has 110 valence electrons. The summed E-state index contributed by atoms with van der Waals surface area (Å²) in [7, 11) is 0. The SMILES string of the molecule is Nc1cc(C(=O)NC[C@@H]2CCN(C3CCCC3)C2)[nH]n1. The van der Waals surface area contributed by atoms with Crippen molar-refractivity contribution < 1.29 is 4.79 Å². The third-order valence-electron chi connectivity index (χ3n) is 4.55. The van der Waals surface area contributed by atoms with E-state index in [1.54, 1.807) is 6.07 Å². The standard InChI is InChI=1S/C14H23N5O/c15-13-7-12(17-18-13)14(20)16-8-10-5-6-19(9-10)11-3-1-2-4-11/h7,10-11H,1-6,8-9H2,(H,16,20)(H3,15,17,18)/t10-/m0/s1. The van der Waals surface area contributed by atoms with Gasteiger partial charge in [-0.3, -0.25) is 9.89 Å². The van der Waals surface area contributed by atoms with Crippen molar-refractivity contribution in [3.63, 3.8) is 0 Å². The van der Waals surface area contributed by atoms with Crippen LogP contribution in [0.15, 0.2) is 6.07 Å². The molecule has 2 heterocycles. The van der Waals surface area contributed by atoms with E-state index < -0.39 is 0 Å². The molecule has 6 nitrogen and oxygen atoms in total. The van der Waals surface area contributed by atoms with Gasteiger partial charge in [0.25, 0.3) is 5.91 Å². The number of H-pyrrole nitrogens is 1. The quantitative estimate of drug-likeness (QED) is 0.766. The Morgan fingerprint density at radius 1 is 1.45 bits per heavy atom. The molecule has 1 atom stereocenters. The van der Waals surface area contributed by atoms with Crippen molar-refractivity contribution in [1.82, 2.24) is 20.4 Å². The Kier molecular flexibility index (Phi) is 3.91. The predicted octanol–water partition coefficient (Wildman–Crippen LogP) is 0.986. The lowest BCUT2D eigenvalue weighted by Gasteiger charge is -2.23. The van der Waals surface area contributed by atoms with Gasteiger partial charge in [-0.15, -0.1) is 0 Å². The molecule has 20 heavy (non-hydrogen) atoms. The lowest BCUT2D eigenvalue weighted by Crippen LogP contribution is -2.34. The van der Waals surface area contributed by atoms with Gasteiger partial charge in [-0.1, -0.05) is 12.8 Å². The van der Waals surface area contributed by atoms with E-state index in [-0.39, 0.29) is 5.91 Å². The zero-order valence-corrected chi connectivity index (χ0v) is 11.8. The number of aromatic nitrogens is 2. The summed E-state index contributed by atoms with van der Waals surface area (Å²) in [6, 6.07) is 2.36. The Bertz CT molecular complexity index is 466. The van der Waals surface area contributed by atoms with Gasteiger partial charge < -0.3 is 16.0 Å². The van der Waals surface area contributed by atoms with Crippen LogP contribution in [0.4, 0.5) is 5.82 Å². The summed E-state index contributed by atoms with van der Waals surface area (Å²) in [5.74, 6) is 0.803. The third-order valence-corrected chi connectivity index (χ3v) is 4.55. The molecular formula is C14H23N5O. The number of hydrogen-bond donors (Lipinski definition) is 3. The van der Waals surface area contributed by atoms with Crippen LogP contribution in [0.5, 0.6) is 0 Å². The molecule has 1 saturated heterocycles. The van der Waals surface area contributed by atoms with Gasteiger partial charge in [0.15, 0.2) is 0 Å². The van der Waals surface area contributed by atoms with E-state index in [2.05, 4.69) is 20.4 Å². The zero-order chi connectivity index (χ0) is 13.9. The summed E-state index contributed by atoms with van der Waals surface area (Å²) in [6.07, 6.45) is 6.65. The summed E-state index contributed by atoms with van der Waals surface area (Å²) >= 11 is 0. The number of hydrogen-bond acceptors (Lipinski definition) is 4. The highest BCUT2D eigenvalue weighted by atomic mass is 16.1. The molecule has 2 fully saturated rings. The van der Waals surface area contributed by atoms with E-state index >= 15 is 0 Å². The van der Waals surface area contributed by atoms with Crippen LogP contribution in [-0.2, 0) is 0 Å². The average molecular weight is 277 g/mol.